The van der Waals surface area contributed by atoms with Crippen LogP contribution in [0.1, 0.15) is 44.9 Å². The van der Waals surface area contributed by atoms with Gasteiger partial charge in [-0.15, -0.1) is 0 Å². The van der Waals surface area contributed by atoms with E-state index in [0.717, 1.165) is 32.1 Å². The molecule has 3 N–H and O–H groups in total. The molecule has 0 radical (unpaired) electrons. The molecule has 1 aliphatic carbocycles. The maximum Gasteiger partial charge on any atom is 0.326 e. The van der Waals surface area contributed by atoms with Crippen molar-refractivity contribution < 1.29 is 14.7 Å². The quantitative estimate of drug-likeness (QED) is 0.786. The lowest BCUT2D eigenvalue weighted by Crippen LogP contribution is -2.51. The Hall–Kier alpha value is -1.10. The SMILES string of the molecule is N[C@@H](C(=O)N1CCC[C@H]1C(=O)O)C1CCCCC1. The fourth-order valence-electron chi connectivity index (χ4n) is 3.17. The van der Waals surface area contributed by atoms with E-state index in [1.165, 1.54) is 11.3 Å². The van der Waals surface area contributed by atoms with Crippen LogP contribution in [-0.4, -0.2) is 40.5 Å². The van der Waals surface area contributed by atoms with Gasteiger partial charge in [-0.3, -0.25) is 4.79 Å². The number of likely N-dealkylation sites (tertiary alicyclic amines) is 1. The van der Waals surface area contributed by atoms with Crippen LogP contribution < -0.4 is 5.73 Å². The van der Waals surface area contributed by atoms with Crippen molar-refractivity contribution in [3.63, 3.8) is 0 Å². The molecular weight excluding hydrogens is 232 g/mol. The van der Waals surface area contributed by atoms with Gasteiger partial charge in [0, 0.05) is 6.54 Å². The van der Waals surface area contributed by atoms with Crippen LogP contribution in [0.15, 0.2) is 0 Å². The minimum atomic E-state index is -0.906. The summed E-state index contributed by atoms with van der Waals surface area (Å²) in [5.41, 5.74) is 6.05. The molecule has 1 saturated heterocycles. The molecule has 102 valence electrons. The van der Waals surface area contributed by atoms with Crippen molar-refractivity contribution in [2.24, 2.45) is 11.7 Å². The van der Waals surface area contributed by atoms with Gasteiger partial charge >= 0.3 is 5.97 Å². The van der Waals surface area contributed by atoms with Gasteiger partial charge in [0.25, 0.3) is 0 Å². The van der Waals surface area contributed by atoms with Crippen LogP contribution in [0.5, 0.6) is 0 Å². The summed E-state index contributed by atoms with van der Waals surface area (Å²) in [5, 5.41) is 9.09. The van der Waals surface area contributed by atoms with Gasteiger partial charge in [-0.05, 0) is 31.6 Å². The van der Waals surface area contributed by atoms with E-state index in [2.05, 4.69) is 0 Å². The molecule has 0 aromatic carbocycles. The van der Waals surface area contributed by atoms with Crippen LogP contribution in [0.3, 0.4) is 0 Å². The lowest BCUT2D eigenvalue weighted by atomic mass is 9.83. The Kier molecular flexibility index (Phi) is 4.22. The maximum absolute atomic E-state index is 12.3. The number of carbonyl (C=O) groups is 2. The standard InChI is InChI=1S/C13H22N2O3/c14-11(9-5-2-1-3-6-9)12(16)15-8-4-7-10(15)13(17)18/h9-11H,1-8,14H2,(H,17,18)/t10-,11+/m0/s1. The summed E-state index contributed by atoms with van der Waals surface area (Å²) in [7, 11) is 0. The highest BCUT2D eigenvalue weighted by molar-refractivity contribution is 5.87. The highest BCUT2D eigenvalue weighted by Crippen LogP contribution is 2.28. The zero-order valence-electron chi connectivity index (χ0n) is 10.7. The van der Waals surface area contributed by atoms with Crippen molar-refractivity contribution in [2.75, 3.05) is 6.54 Å². The Morgan fingerprint density at radius 1 is 1.11 bits per heavy atom. The molecule has 0 unspecified atom stereocenters. The third-order valence-corrected chi connectivity index (χ3v) is 4.26. The van der Waals surface area contributed by atoms with Gasteiger partial charge in [0.1, 0.15) is 6.04 Å². The number of amides is 1. The van der Waals surface area contributed by atoms with E-state index < -0.39 is 18.1 Å². The van der Waals surface area contributed by atoms with E-state index in [1.807, 2.05) is 0 Å². The zero-order valence-corrected chi connectivity index (χ0v) is 10.7. The lowest BCUT2D eigenvalue weighted by molar-refractivity contribution is -0.149. The monoisotopic (exact) mass is 254 g/mol. The van der Waals surface area contributed by atoms with Crippen molar-refractivity contribution in [1.29, 1.82) is 0 Å². The molecule has 0 aromatic heterocycles. The van der Waals surface area contributed by atoms with E-state index >= 15 is 0 Å². The van der Waals surface area contributed by atoms with Crippen LogP contribution in [0.4, 0.5) is 0 Å². The molecule has 5 heteroatoms. The van der Waals surface area contributed by atoms with E-state index in [9.17, 15) is 9.59 Å². The average Bonchev–Trinajstić information content (AvgIpc) is 2.87. The normalized spacial score (nSPS) is 27.2. The first-order valence-corrected chi connectivity index (χ1v) is 6.90. The molecule has 2 atom stereocenters. The molecule has 0 bridgehead atoms. The summed E-state index contributed by atoms with van der Waals surface area (Å²) < 4.78 is 0. The molecule has 2 aliphatic rings. The molecule has 18 heavy (non-hydrogen) atoms. The van der Waals surface area contributed by atoms with Gasteiger partial charge in [0.15, 0.2) is 0 Å². The highest BCUT2D eigenvalue weighted by atomic mass is 16.4. The zero-order chi connectivity index (χ0) is 13.1. The van der Waals surface area contributed by atoms with Crippen molar-refractivity contribution in [2.45, 2.75) is 57.0 Å². The molecule has 1 aliphatic heterocycles. The molecule has 1 saturated carbocycles. The Morgan fingerprint density at radius 2 is 1.78 bits per heavy atom. The number of carboxylic acids is 1. The van der Waals surface area contributed by atoms with Crippen molar-refractivity contribution in [3.8, 4) is 0 Å². The Bertz CT molecular complexity index is 326. The van der Waals surface area contributed by atoms with E-state index in [-0.39, 0.29) is 11.8 Å². The number of nitrogens with zero attached hydrogens (tertiary/aromatic N) is 1. The minimum absolute atomic E-state index is 0.160. The molecule has 5 nitrogen and oxygen atoms in total. The van der Waals surface area contributed by atoms with Gasteiger partial charge < -0.3 is 15.7 Å². The van der Waals surface area contributed by atoms with Crippen LogP contribution in [0, 0.1) is 5.92 Å². The minimum Gasteiger partial charge on any atom is -0.480 e. The predicted octanol–water partition coefficient (Wildman–Crippen LogP) is 0.970. The van der Waals surface area contributed by atoms with E-state index in [1.54, 1.807) is 0 Å². The third-order valence-electron chi connectivity index (χ3n) is 4.26. The number of hydrogen-bond acceptors (Lipinski definition) is 3. The molecule has 0 spiro atoms. The van der Waals surface area contributed by atoms with Gasteiger partial charge in [0.2, 0.25) is 5.91 Å². The number of nitrogens with two attached hydrogens (primary N) is 1. The Balaban J connectivity index is 1.99. The second-order valence-electron chi connectivity index (χ2n) is 5.45. The first-order valence-electron chi connectivity index (χ1n) is 6.90. The molecule has 2 fully saturated rings. The molecule has 2 rings (SSSR count). The molecule has 0 aromatic rings. The maximum atomic E-state index is 12.3. The second kappa shape index (κ2) is 5.69. The van der Waals surface area contributed by atoms with Gasteiger partial charge in [-0.2, -0.15) is 0 Å². The number of carbonyl (C=O) groups excluding carboxylic acids is 1. The fraction of sp³-hybridized carbons (Fsp3) is 0.846. The molecule has 1 amide bonds. The Morgan fingerprint density at radius 3 is 2.39 bits per heavy atom. The van der Waals surface area contributed by atoms with Crippen molar-refractivity contribution >= 4 is 11.9 Å². The average molecular weight is 254 g/mol. The molecule has 1 heterocycles. The summed E-state index contributed by atoms with van der Waals surface area (Å²) >= 11 is 0. The van der Waals surface area contributed by atoms with Crippen LogP contribution >= 0.6 is 0 Å². The number of hydrogen-bond donors (Lipinski definition) is 2. The highest BCUT2D eigenvalue weighted by Gasteiger charge is 2.38. The van der Waals surface area contributed by atoms with Gasteiger partial charge in [-0.25, -0.2) is 4.79 Å². The van der Waals surface area contributed by atoms with Crippen LogP contribution in [0.2, 0.25) is 0 Å². The first kappa shape index (κ1) is 13.3. The van der Waals surface area contributed by atoms with Crippen LogP contribution in [0.25, 0.3) is 0 Å². The lowest BCUT2D eigenvalue weighted by Gasteiger charge is -2.31. The third kappa shape index (κ3) is 2.66. The van der Waals surface area contributed by atoms with Gasteiger partial charge in [0.05, 0.1) is 6.04 Å². The first-order chi connectivity index (χ1) is 8.61. The number of aliphatic carboxylic acids is 1. The number of rotatable bonds is 3. The fourth-order valence-corrected chi connectivity index (χ4v) is 3.17. The second-order valence-corrected chi connectivity index (χ2v) is 5.45. The smallest absolute Gasteiger partial charge is 0.326 e. The summed E-state index contributed by atoms with van der Waals surface area (Å²) in [5.74, 6) is -0.829. The predicted molar refractivity (Wildman–Crippen MR) is 66.9 cm³/mol. The Labute approximate surface area is 107 Å². The summed E-state index contributed by atoms with van der Waals surface area (Å²) in [6, 6.07) is -1.17. The van der Waals surface area contributed by atoms with Crippen LogP contribution in [-0.2, 0) is 9.59 Å². The summed E-state index contributed by atoms with van der Waals surface area (Å²) in [6.07, 6.45) is 6.80. The summed E-state index contributed by atoms with van der Waals surface area (Å²) in [6.45, 7) is 0.538. The number of carboxylic acid groups (broad SMARTS) is 1. The van der Waals surface area contributed by atoms with Crippen molar-refractivity contribution in [3.05, 3.63) is 0 Å². The van der Waals surface area contributed by atoms with Crippen molar-refractivity contribution in [1.82, 2.24) is 4.90 Å². The molecular formula is C13H22N2O3. The largest absolute Gasteiger partial charge is 0.480 e. The topological polar surface area (TPSA) is 83.6 Å². The van der Waals surface area contributed by atoms with Gasteiger partial charge in [-0.1, -0.05) is 19.3 Å². The van der Waals surface area contributed by atoms with E-state index in [0.29, 0.717) is 13.0 Å². The van der Waals surface area contributed by atoms with E-state index in [4.69, 9.17) is 10.8 Å². The summed E-state index contributed by atoms with van der Waals surface area (Å²) in [4.78, 5) is 24.9.